The first-order valence-corrected chi connectivity index (χ1v) is 5.00. The summed E-state index contributed by atoms with van der Waals surface area (Å²) in [7, 11) is 0. The van der Waals surface area contributed by atoms with Crippen LogP contribution in [0.2, 0.25) is 0 Å². The van der Waals surface area contributed by atoms with Crippen molar-refractivity contribution in [2.75, 3.05) is 6.61 Å². The molecule has 0 aromatic carbocycles. The van der Waals surface area contributed by atoms with Crippen molar-refractivity contribution in [3.05, 3.63) is 16.4 Å². The van der Waals surface area contributed by atoms with Crippen LogP contribution >= 0.6 is 15.9 Å². The first kappa shape index (κ1) is 12.1. The maximum Gasteiger partial charge on any atom is 0.327 e. The molecule has 0 N–H and O–H groups in total. The normalized spacial score (nSPS) is 10.7. The van der Waals surface area contributed by atoms with Gasteiger partial charge in [-0.2, -0.15) is 5.10 Å². The Morgan fingerprint density at radius 2 is 2.40 bits per heavy atom. The molecule has 0 aliphatic rings. The van der Waals surface area contributed by atoms with Crippen molar-refractivity contribution in [2.45, 2.75) is 19.9 Å². The first-order valence-electron chi connectivity index (χ1n) is 4.21. The average molecular weight is 283 g/mol. The SMILES string of the molecule is CCOC(=O)Cn1cc(Br)c(C(F)F)n1. The van der Waals surface area contributed by atoms with Crippen LogP contribution in [0.3, 0.4) is 0 Å². The van der Waals surface area contributed by atoms with Crippen molar-refractivity contribution in [1.82, 2.24) is 9.78 Å². The standard InChI is InChI=1S/C8H9BrF2N2O2/c1-2-15-6(14)4-13-3-5(9)7(12-13)8(10)11/h3,8H,2,4H2,1H3. The minimum atomic E-state index is -2.66. The lowest BCUT2D eigenvalue weighted by atomic mass is 10.5. The molecule has 0 spiro atoms. The molecule has 7 heteroatoms. The number of nitrogens with zero attached hydrogens (tertiary/aromatic N) is 2. The minimum Gasteiger partial charge on any atom is -0.465 e. The van der Waals surface area contributed by atoms with Crippen LogP contribution in [0.1, 0.15) is 19.0 Å². The maximum atomic E-state index is 12.3. The summed E-state index contributed by atoms with van der Waals surface area (Å²) in [6.07, 6.45) is -1.35. The van der Waals surface area contributed by atoms with E-state index in [1.54, 1.807) is 6.92 Å². The molecule has 0 aliphatic carbocycles. The largest absolute Gasteiger partial charge is 0.465 e. The molecule has 0 unspecified atom stereocenters. The molecule has 0 radical (unpaired) electrons. The summed E-state index contributed by atoms with van der Waals surface area (Å²) in [6.45, 7) is 1.75. The van der Waals surface area contributed by atoms with E-state index < -0.39 is 12.4 Å². The van der Waals surface area contributed by atoms with E-state index in [0.29, 0.717) is 0 Å². The van der Waals surface area contributed by atoms with E-state index in [9.17, 15) is 13.6 Å². The first-order chi connectivity index (χ1) is 7.04. The van der Waals surface area contributed by atoms with Crippen molar-refractivity contribution in [1.29, 1.82) is 0 Å². The number of esters is 1. The molecule has 4 nitrogen and oxygen atoms in total. The smallest absolute Gasteiger partial charge is 0.327 e. The van der Waals surface area contributed by atoms with Gasteiger partial charge in [0, 0.05) is 6.20 Å². The van der Waals surface area contributed by atoms with Crippen LogP contribution in [0, 0.1) is 0 Å². The third-order valence-corrected chi connectivity index (χ3v) is 2.16. The molecule has 0 aliphatic heterocycles. The van der Waals surface area contributed by atoms with E-state index in [4.69, 9.17) is 0 Å². The Morgan fingerprint density at radius 1 is 1.73 bits per heavy atom. The van der Waals surface area contributed by atoms with Crippen LogP contribution in [0.25, 0.3) is 0 Å². The number of alkyl halides is 2. The molecule has 0 bridgehead atoms. The van der Waals surface area contributed by atoms with Gasteiger partial charge in [-0.05, 0) is 22.9 Å². The number of carbonyl (C=O) groups is 1. The van der Waals surface area contributed by atoms with Gasteiger partial charge in [-0.15, -0.1) is 0 Å². The van der Waals surface area contributed by atoms with Crippen molar-refractivity contribution in [2.24, 2.45) is 0 Å². The van der Waals surface area contributed by atoms with Gasteiger partial charge < -0.3 is 4.74 Å². The number of carbonyl (C=O) groups excluding carboxylic acids is 1. The lowest BCUT2D eigenvalue weighted by Crippen LogP contribution is -2.13. The Labute approximate surface area is 93.3 Å². The molecule has 0 atom stereocenters. The summed E-state index contributed by atoms with van der Waals surface area (Å²) in [5.74, 6) is -0.506. The van der Waals surface area contributed by atoms with E-state index in [2.05, 4.69) is 25.8 Å². The van der Waals surface area contributed by atoms with Gasteiger partial charge in [0.25, 0.3) is 6.43 Å². The van der Waals surface area contributed by atoms with Crippen molar-refractivity contribution in [3.8, 4) is 0 Å². The number of halogens is 3. The molecular formula is C8H9BrF2N2O2. The van der Waals surface area contributed by atoms with Gasteiger partial charge in [0.2, 0.25) is 0 Å². The Kier molecular flexibility index (Phi) is 4.19. The van der Waals surface area contributed by atoms with Crippen LogP contribution in [-0.4, -0.2) is 22.4 Å². The summed E-state index contributed by atoms with van der Waals surface area (Å²) >= 11 is 2.93. The Morgan fingerprint density at radius 3 is 2.87 bits per heavy atom. The van der Waals surface area contributed by atoms with Crippen LogP contribution < -0.4 is 0 Å². The van der Waals surface area contributed by atoms with Crippen molar-refractivity contribution in [3.63, 3.8) is 0 Å². The van der Waals surface area contributed by atoms with E-state index >= 15 is 0 Å². The molecule has 0 fully saturated rings. The van der Waals surface area contributed by atoms with Gasteiger partial charge in [0.1, 0.15) is 12.2 Å². The second kappa shape index (κ2) is 5.20. The number of hydrogen-bond acceptors (Lipinski definition) is 3. The van der Waals surface area contributed by atoms with Crippen molar-refractivity contribution < 1.29 is 18.3 Å². The quantitative estimate of drug-likeness (QED) is 0.795. The molecule has 1 aromatic heterocycles. The second-order valence-corrected chi connectivity index (χ2v) is 3.52. The zero-order valence-electron chi connectivity index (χ0n) is 7.91. The highest BCUT2D eigenvalue weighted by molar-refractivity contribution is 9.10. The highest BCUT2D eigenvalue weighted by Gasteiger charge is 2.17. The second-order valence-electron chi connectivity index (χ2n) is 2.67. The number of hydrogen-bond donors (Lipinski definition) is 0. The topological polar surface area (TPSA) is 44.1 Å². The Balaban J connectivity index is 2.71. The van der Waals surface area contributed by atoms with E-state index in [-0.39, 0.29) is 23.3 Å². The van der Waals surface area contributed by atoms with Crippen LogP contribution in [0.4, 0.5) is 8.78 Å². The molecule has 0 amide bonds. The summed E-state index contributed by atoms with van der Waals surface area (Å²) in [6, 6.07) is 0. The van der Waals surface area contributed by atoms with Gasteiger partial charge in [-0.3, -0.25) is 9.48 Å². The van der Waals surface area contributed by atoms with Gasteiger partial charge >= 0.3 is 5.97 Å². The number of rotatable bonds is 4. The van der Waals surface area contributed by atoms with E-state index in [1.165, 1.54) is 6.20 Å². The average Bonchev–Trinajstić information content (AvgIpc) is 2.47. The zero-order chi connectivity index (χ0) is 11.4. The molecule has 0 saturated carbocycles. The minimum absolute atomic E-state index is 0.168. The highest BCUT2D eigenvalue weighted by Crippen LogP contribution is 2.25. The van der Waals surface area contributed by atoms with Gasteiger partial charge in [-0.1, -0.05) is 0 Å². The Hall–Kier alpha value is -0.980. The molecule has 1 rings (SSSR count). The molecule has 1 heterocycles. The van der Waals surface area contributed by atoms with E-state index in [0.717, 1.165) is 4.68 Å². The number of aromatic nitrogens is 2. The van der Waals surface area contributed by atoms with Crippen LogP contribution in [-0.2, 0) is 16.1 Å². The predicted octanol–water partition coefficient (Wildman–Crippen LogP) is 2.15. The Bertz CT molecular complexity index is 354. The summed E-state index contributed by atoms with van der Waals surface area (Å²) in [5.41, 5.74) is -0.376. The zero-order valence-corrected chi connectivity index (χ0v) is 9.50. The maximum absolute atomic E-state index is 12.3. The summed E-state index contributed by atoms with van der Waals surface area (Å²) in [4.78, 5) is 11.0. The monoisotopic (exact) mass is 282 g/mol. The molecule has 15 heavy (non-hydrogen) atoms. The fourth-order valence-electron chi connectivity index (χ4n) is 0.980. The number of ether oxygens (including phenoxy) is 1. The van der Waals surface area contributed by atoms with Gasteiger partial charge in [-0.25, -0.2) is 8.78 Å². The molecule has 0 saturated heterocycles. The predicted molar refractivity (Wildman–Crippen MR) is 51.5 cm³/mol. The lowest BCUT2D eigenvalue weighted by Gasteiger charge is -2.00. The molecule has 1 aromatic rings. The van der Waals surface area contributed by atoms with Crippen LogP contribution in [0.15, 0.2) is 10.7 Å². The van der Waals surface area contributed by atoms with Crippen LogP contribution in [0.5, 0.6) is 0 Å². The van der Waals surface area contributed by atoms with Gasteiger partial charge in [0.15, 0.2) is 0 Å². The summed E-state index contributed by atoms with van der Waals surface area (Å²) < 4.78 is 30.6. The third kappa shape index (κ3) is 3.26. The molecule has 84 valence electrons. The van der Waals surface area contributed by atoms with Crippen molar-refractivity contribution >= 4 is 21.9 Å². The van der Waals surface area contributed by atoms with E-state index in [1.807, 2.05) is 0 Å². The fraction of sp³-hybridized carbons (Fsp3) is 0.500. The van der Waals surface area contributed by atoms with Gasteiger partial charge in [0.05, 0.1) is 11.1 Å². The molecular weight excluding hydrogens is 274 g/mol. The highest BCUT2D eigenvalue weighted by atomic mass is 79.9. The third-order valence-electron chi connectivity index (χ3n) is 1.55. The lowest BCUT2D eigenvalue weighted by molar-refractivity contribution is -0.144. The fourth-order valence-corrected chi connectivity index (χ4v) is 1.47. The summed E-state index contributed by atoms with van der Waals surface area (Å²) in [5, 5.41) is 3.55.